The van der Waals surface area contributed by atoms with Crippen LogP contribution >= 0.6 is 0 Å². The highest BCUT2D eigenvalue weighted by Crippen LogP contribution is 2.34. The molecule has 1 N–H and O–H groups in total. The van der Waals surface area contributed by atoms with Gasteiger partial charge in [0, 0.05) is 19.7 Å². The summed E-state index contributed by atoms with van der Waals surface area (Å²) in [5.41, 5.74) is 0.197. The molecule has 2 rings (SSSR count). The molecule has 2 nitrogen and oxygen atoms in total. The molecule has 16 heavy (non-hydrogen) atoms. The number of hydrogen-bond donors (Lipinski definition) is 1. The van der Waals surface area contributed by atoms with E-state index in [9.17, 15) is 0 Å². The Bertz CT molecular complexity index is 187. The fourth-order valence-electron chi connectivity index (χ4n) is 3.01. The van der Waals surface area contributed by atoms with E-state index < -0.39 is 0 Å². The zero-order valence-corrected chi connectivity index (χ0v) is 10.8. The molecule has 94 valence electrons. The largest absolute Gasteiger partial charge is 0.377 e. The van der Waals surface area contributed by atoms with Crippen molar-refractivity contribution in [3.05, 3.63) is 0 Å². The molecule has 0 unspecified atom stereocenters. The molecular weight excluding hydrogens is 198 g/mol. The first kappa shape index (κ1) is 12.4. The molecule has 0 aliphatic heterocycles. The van der Waals surface area contributed by atoms with Gasteiger partial charge < -0.3 is 10.1 Å². The van der Waals surface area contributed by atoms with Gasteiger partial charge in [-0.3, -0.25) is 0 Å². The normalized spacial score (nSPS) is 26.8. The van der Waals surface area contributed by atoms with Crippen molar-refractivity contribution in [1.29, 1.82) is 0 Å². The van der Waals surface area contributed by atoms with Crippen molar-refractivity contribution in [2.24, 2.45) is 0 Å². The number of methoxy groups -OCH3 is 1. The maximum atomic E-state index is 5.66. The van der Waals surface area contributed by atoms with Gasteiger partial charge in [0.15, 0.2) is 0 Å². The fourth-order valence-corrected chi connectivity index (χ4v) is 3.01. The van der Waals surface area contributed by atoms with Gasteiger partial charge in [-0.15, -0.1) is 0 Å². The lowest BCUT2D eigenvalue weighted by atomic mass is 9.79. The summed E-state index contributed by atoms with van der Waals surface area (Å²) < 4.78 is 5.66. The summed E-state index contributed by atoms with van der Waals surface area (Å²) >= 11 is 0. The standard InChI is InChI=1S/C14H27NO/c1-16-14(10-7-11-14)12-15-13-8-5-3-2-4-6-9-13/h13,15H,2-12H2,1H3. The third-order valence-electron chi connectivity index (χ3n) is 4.52. The predicted molar refractivity (Wildman–Crippen MR) is 67.7 cm³/mol. The zero-order chi connectivity index (χ0) is 11.3. The molecule has 0 aromatic carbocycles. The molecular formula is C14H27NO. The molecule has 2 fully saturated rings. The van der Waals surface area contributed by atoms with Crippen molar-refractivity contribution in [1.82, 2.24) is 5.32 Å². The molecule has 0 atom stereocenters. The molecule has 0 spiro atoms. The van der Waals surface area contributed by atoms with Crippen LogP contribution in [0.5, 0.6) is 0 Å². The van der Waals surface area contributed by atoms with Crippen LogP contribution in [0.1, 0.15) is 64.2 Å². The highest BCUT2D eigenvalue weighted by Gasteiger charge is 2.36. The van der Waals surface area contributed by atoms with Gasteiger partial charge in [0.1, 0.15) is 0 Å². The first-order chi connectivity index (χ1) is 7.85. The smallest absolute Gasteiger partial charge is 0.0802 e. The minimum Gasteiger partial charge on any atom is -0.377 e. The molecule has 2 aliphatic carbocycles. The molecule has 0 radical (unpaired) electrons. The van der Waals surface area contributed by atoms with E-state index in [1.807, 2.05) is 7.11 Å². The maximum absolute atomic E-state index is 5.66. The third-order valence-corrected chi connectivity index (χ3v) is 4.52. The van der Waals surface area contributed by atoms with E-state index in [1.54, 1.807) is 0 Å². The van der Waals surface area contributed by atoms with Crippen LogP contribution in [0.2, 0.25) is 0 Å². The van der Waals surface area contributed by atoms with Gasteiger partial charge in [0.2, 0.25) is 0 Å². The Kier molecular flexibility index (Phi) is 4.66. The molecule has 0 aromatic heterocycles. The van der Waals surface area contributed by atoms with E-state index in [1.165, 1.54) is 64.2 Å². The summed E-state index contributed by atoms with van der Waals surface area (Å²) in [6.45, 7) is 1.08. The highest BCUT2D eigenvalue weighted by atomic mass is 16.5. The predicted octanol–water partition coefficient (Wildman–Crippen LogP) is 3.26. The first-order valence-electron chi connectivity index (χ1n) is 7.13. The molecule has 0 bridgehead atoms. The zero-order valence-electron chi connectivity index (χ0n) is 10.8. The summed E-state index contributed by atoms with van der Waals surface area (Å²) in [4.78, 5) is 0. The summed E-state index contributed by atoms with van der Waals surface area (Å²) in [6.07, 6.45) is 13.8. The van der Waals surface area contributed by atoms with Crippen molar-refractivity contribution in [3.8, 4) is 0 Å². The fraction of sp³-hybridized carbons (Fsp3) is 1.00. The van der Waals surface area contributed by atoms with Gasteiger partial charge >= 0.3 is 0 Å². The Morgan fingerprint density at radius 1 is 1.00 bits per heavy atom. The maximum Gasteiger partial charge on any atom is 0.0802 e. The Morgan fingerprint density at radius 3 is 2.12 bits per heavy atom. The van der Waals surface area contributed by atoms with E-state index in [4.69, 9.17) is 4.74 Å². The highest BCUT2D eigenvalue weighted by molar-refractivity contribution is 4.92. The molecule has 0 heterocycles. The number of rotatable bonds is 4. The molecule has 2 aliphatic rings. The second kappa shape index (κ2) is 6.02. The molecule has 0 saturated heterocycles. The summed E-state index contributed by atoms with van der Waals surface area (Å²) in [5, 5.41) is 3.76. The van der Waals surface area contributed by atoms with E-state index in [2.05, 4.69) is 5.32 Å². The summed E-state index contributed by atoms with van der Waals surface area (Å²) in [6, 6.07) is 0.757. The van der Waals surface area contributed by atoms with Crippen molar-refractivity contribution < 1.29 is 4.74 Å². The number of ether oxygens (including phenoxy) is 1. The van der Waals surface area contributed by atoms with Crippen LogP contribution in [0, 0.1) is 0 Å². The van der Waals surface area contributed by atoms with Gasteiger partial charge in [0.25, 0.3) is 0 Å². The molecule has 2 saturated carbocycles. The summed E-state index contributed by atoms with van der Waals surface area (Å²) in [5.74, 6) is 0. The quantitative estimate of drug-likeness (QED) is 0.793. The lowest BCUT2D eigenvalue weighted by Crippen LogP contribution is -2.50. The van der Waals surface area contributed by atoms with Crippen LogP contribution in [0.4, 0.5) is 0 Å². The topological polar surface area (TPSA) is 21.3 Å². The number of nitrogens with one attached hydrogen (secondary N) is 1. The Labute approximate surface area is 100 Å². The van der Waals surface area contributed by atoms with E-state index in [0.29, 0.717) is 0 Å². The van der Waals surface area contributed by atoms with Gasteiger partial charge in [-0.1, -0.05) is 32.1 Å². The summed E-state index contributed by atoms with van der Waals surface area (Å²) in [7, 11) is 1.87. The van der Waals surface area contributed by atoms with Crippen LogP contribution in [-0.2, 0) is 4.74 Å². The molecule has 0 amide bonds. The Morgan fingerprint density at radius 2 is 1.62 bits per heavy atom. The molecule has 0 aromatic rings. The molecule has 2 heteroatoms. The van der Waals surface area contributed by atoms with Gasteiger partial charge in [-0.2, -0.15) is 0 Å². The van der Waals surface area contributed by atoms with Crippen LogP contribution in [-0.4, -0.2) is 25.3 Å². The average molecular weight is 225 g/mol. The lowest BCUT2D eigenvalue weighted by Gasteiger charge is -2.41. The van der Waals surface area contributed by atoms with Crippen molar-refractivity contribution in [2.75, 3.05) is 13.7 Å². The minimum atomic E-state index is 0.197. The van der Waals surface area contributed by atoms with E-state index in [0.717, 1.165) is 12.6 Å². The third kappa shape index (κ3) is 3.21. The lowest BCUT2D eigenvalue weighted by molar-refractivity contribution is -0.0711. The monoisotopic (exact) mass is 225 g/mol. The first-order valence-corrected chi connectivity index (χ1v) is 7.13. The SMILES string of the molecule is COC1(CNC2CCCCCCC2)CCC1. The van der Waals surface area contributed by atoms with Crippen molar-refractivity contribution in [3.63, 3.8) is 0 Å². The van der Waals surface area contributed by atoms with Gasteiger partial charge in [0.05, 0.1) is 5.60 Å². The van der Waals surface area contributed by atoms with E-state index in [-0.39, 0.29) is 5.60 Å². The van der Waals surface area contributed by atoms with Crippen LogP contribution < -0.4 is 5.32 Å². The van der Waals surface area contributed by atoms with E-state index >= 15 is 0 Å². The average Bonchev–Trinajstić information content (AvgIpc) is 2.19. The Hall–Kier alpha value is -0.0800. The van der Waals surface area contributed by atoms with Crippen LogP contribution in [0.15, 0.2) is 0 Å². The Balaban J connectivity index is 1.70. The van der Waals surface area contributed by atoms with Crippen LogP contribution in [0.25, 0.3) is 0 Å². The minimum absolute atomic E-state index is 0.197. The van der Waals surface area contributed by atoms with Gasteiger partial charge in [-0.05, 0) is 32.1 Å². The van der Waals surface area contributed by atoms with Crippen molar-refractivity contribution in [2.45, 2.75) is 75.9 Å². The number of hydrogen-bond acceptors (Lipinski definition) is 2. The second-order valence-electron chi connectivity index (χ2n) is 5.66. The van der Waals surface area contributed by atoms with Crippen molar-refractivity contribution >= 4 is 0 Å². The van der Waals surface area contributed by atoms with Gasteiger partial charge in [-0.25, -0.2) is 0 Å². The second-order valence-corrected chi connectivity index (χ2v) is 5.66. The van der Waals surface area contributed by atoms with Crippen LogP contribution in [0.3, 0.4) is 0 Å².